The summed E-state index contributed by atoms with van der Waals surface area (Å²) in [6.45, 7) is 4.92. The summed E-state index contributed by atoms with van der Waals surface area (Å²) >= 11 is 0. The number of aromatic nitrogens is 2. The lowest BCUT2D eigenvalue weighted by Crippen LogP contribution is -2.43. The molecule has 1 amide bonds. The SMILES string of the molecule is Cc1cnc(CNC(=O)[C@H]2C[C@]3(CO2)c2ccccc2CN3CC2CC2)cn1. The van der Waals surface area contributed by atoms with Crippen molar-refractivity contribution in [3.63, 3.8) is 0 Å². The number of nitrogens with zero attached hydrogens (tertiary/aromatic N) is 3. The molecule has 2 atom stereocenters. The third kappa shape index (κ3) is 3.20. The first-order chi connectivity index (χ1) is 13.6. The number of hydrogen-bond acceptors (Lipinski definition) is 5. The number of hydrogen-bond donors (Lipinski definition) is 1. The summed E-state index contributed by atoms with van der Waals surface area (Å²) < 4.78 is 6.06. The van der Waals surface area contributed by atoms with Gasteiger partial charge in [0.05, 0.1) is 36.3 Å². The third-order valence-electron chi connectivity index (χ3n) is 6.28. The molecule has 28 heavy (non-hydrogen) atoms. The van der Waals surface area contributed by atoms with Crippen molar-refractivity contribution < 1.29 is 9.53 Å². The molecule has 1 saturated heterocycles. The van der Waals surface area contributed by atoms with E-state index < -0.39 is 6.10 Å². The van der Waals surface area contributed by atoms with Gasteiger partial charge in [-0.1, -0.05) is 24.3 Å². The first-order valence-corrected chi connectivity index (χ1v) is 10.1. The van der Waals surface area contributed by atoms with Gasteiger partial charge in [-0.2, -0.15) is 0 Å². The summed E-state index contributed by atoms with van der Waals surface area (Å²) in [7, 11) is 0. The van der Waals surface area contributed by atoms with Crippen molar-refractivity contribution in [1.29, 1.82) is 0 Å². The number of benzene rings is 1. The minimum Gasteiger partial charge on any atom is -0.366 e. The molecule has 1 aromatic carbocycles. The van der Waals surface area contributed by atoms with Gasteiger partial charge in [0.25, 0.3) is 0 Å². The fourth-order valence-electron chi connectivity index (χ4n) is 4.53. The van der Waals surface area contributed by atoms with Gasteiger partial charge in [-0.05, 0) is 36.8 Å². The Balaban J connectivity index is 1.30. The summed E-state index contributed by atoms with van der Waals surface area (Å²) in [5, 5.41) is 2.97. The van der Waals surface area contributed by atoms with Gasteiger partial charge in [0, 0.05) is 25.7 Å². The van der Waals surface area contributed by atoms with E-state index in [2.05, 4.69) is 44.5 Å². The number of amides is 1. The van der Waals surface area contributed by atoms with E-state index in [1.54, 1.807) is 12.4 Å². The van der Waals surface area contributed by atoms with E-state index in [0.717, 1.165) is 30.4 Å². The third-order valence-corrected chi connectivity index (χ3v) is 6.28. The number of nitrogens with one attached hydrogen (secondary N) is 1. The number of rotatable bonds is 5. The quantitative estimate of drug-likeness (QED) is 0.865. The zero-order valence-electron chi connectivity index (χ0n) is 16.2. The molecule has 3 heterocycles. The maximum Gasteiger partial charge on any atom is 0.249 e. The normalized spacial score (nSPS) is 26.5. The average molecular weight is 378 g/mol. The summed E-state index contributed by atoms with van der Waals surface area (Å²) in [6, 6.07) is 8.64. The van der Waals surface area contributed by atoms with E-state index >= 15 is 0 Å². The predicted molar refractivity (Wildman–Crippen MR) is 104 cm³/mol. The molecule has 3 aliphatic rings. The van der Waals surface area contributed by atoms with Crippen LogP contribution in [0.3, 0.4) is 0 Å². The Morgan fingerprint density at radius 3 is 2.93 bits per heavy atom. The molecule has 0 bridgehead atoms. The van der Waals surface area contributed by atoms with Crippen molar-refractivity contribution in [3.05, 3.63) is 59.2 Å². The molecule has 2 aliphatic heterocycles. The fraction of sp³-hybridized carbons (Fsp3) is 0.500. The van der Waals surface area contributed by atoms with Crippen LogP contribution in [-0.4, -0.2) is 40.0 Å². The van der Waals surface area contributed by atoms with E-state index in [-0.39, 0.29) is 11.4 Å². The predicted octanol–water partition coefficient (Wildman–Crippen LogP) is 2.31. The monoisotopic (exact) mass is 378 g/mol. The molecule has 146 valence electrons. The summed E-state index contributed by atoms with van der Waals surface area (Å²) in [5.41, 5.74) is 4.18. The number of carbonyl (C=O) groups excluding carboxylic acids is 1. The standard InChI is InChI=1S/C22H26N4O2/c1-15-9-24-18(10-23-15)11-25-21(27)20-8-22(14-28-20)19-5-3-2-4-17(19)13-26(22)12-16-6-7-16/h2-5,9-10,16,20H,6-8,11-14H2,1H3,(H,25,27)/t20-,22+/m1/s1. The van der Waals surface area contributed by atoms with E-state index in [9.17, 15) is 4.79 Å². The minimum atomic E-state index is -0.425. The number of ether oxygens (including phenoxy) is 1. The summed E-state index contributed by atoms with van der Waals surface area (Å²) in [5.74, 6) is 0.745. The van der Waals surface area contributed by atoms with E-state index in [0.29, 0.717) is 19.6 Å². The van der Waals surface area contributed by atoms with Crippen LogP contribution in [0.15, 0.2) is 36.7 Å². The Bertz CT molecular complexity index is 880. The zero-order chi connectivity index (χ0) is 19.1. The molecule has 1 N–H and O–H groups in total. The minimum absolute atomic E-state index is 0.0602. The highest BCUT2D eigenvalue weighted by molar-refractivity contribution is 5.81. The van der Waals surface area contributed by atoms with Crippen LogP contribution in [0.25, 0.3) is 0 Å². The lowest BCUT2D eigenvalue weighted by atomic mass is 9.86. The van der Waals surface area contributed by atoms with Crippen LogP contribution in [0, 0.1) is 12.8 Å². The molecule has 0 unspecified atom stereocenters. The van der Waals surface area contributed by atoms with Crippen LogP contribution in [0.4, 0.5) is 0 Å². The van der Waals surface area contributed by atoms with E-state index in [1.165, 1.54) is 24.0 Å². The van der Waals surface area contributed by atoms with Gasteiger partial charge < -0.3 is 10.1 Å². The van der Waals surface area contributed by atoms with Crippen molar-refractivity contribution in [1.82, 2.24) is 20.2 Å². The van der Waals surface area contributed by atoms with Gasteiger partial charge in [-0.3, -0.25) is 19.7 Å². The van der Waals surface area contributed by atoms with Gasteiger partial charge in [0.1, 0.15) is 6.10 Å². The van der Waals surface area contributed by atoms with Gasteiger partial charge in [0.2, 0.25) is 5.91 Å². The van der Waals surface area contributed by atoms with Crippen molar-refractivity contribution in [2.24, 2.45) is 5.92 Å². The molecule has 1 spiro atoms. The first-order valence-electron chi connectivity index (χ1n) is 10.1. The molecule has 6 heteroatoms. The van der Waals surface area contributed by atoms with Crippen LogP contribution in [0.1, 0.15) is 41.8 Å². The maximum atomic E-state index is 12.8. The molecule has 2 fully saturated rings. The largest absolute Gasteiger partial charge is 0.366 e. The van der Waals surface area contributed by atoms with Crippen molar-refractivity contribution in [2.45, 2.75) is 50.9 Å². The van der Waals surface area contributed by atoms with E-state index in [4.69, 9.17) is 4.74 Å². The second-order valence-electron chi connectivity index (χ2n) is 8.38. The lowest BCUT2D eigenvalue weighted by Gasteiger charge is -2.34. The van der Waals surface area contributed by atoms with Gasteiger partial charge in [-0.15, -0.1) is 0 Å². The number of aryl methyl sites for hydroxylation is 1. The lowest BCUT2D eigenvalue weighted by molar-refractivity contribution is -0.130. The van der Waals surface area contributed by atoms with E-state index in [1.807, 2.05) is 6.92 Å². The summed E-state index contributed by atoms with van der Waals surface area (Å²) in [6.07, 6.45) is 6.36. The zero-order valence-corrected chi connectivity index (χ0v) is 16.2. The highest BCUT2D eigenvalue weighted by Gasteiger charge is 2.53. The first kappa shape index (κ1) is 17.8. The van der Waals surface area contributed by atoms with Crippen molar-refractivity contribution in [2.75, 3.05) is 13.2 Å². The molecule has 1 saturated carbocycles. The highest BCUT2D eigenvalue weighted by Crippen LogP contribution is 2.48. The second kappa shape index (κ2) is 6.94. The summed E-state index contributed by atoms with van der Waals surface area (Å²) in [4.78, 5) is 23.9. The Morgan fingerprint density at radius 1 is 1.29 bits per heavy atom. The molecule has 1 aromatic heterocycles. The topological polar surface area (TPSA) is 67.3 Å². The van der Waals surface area contributed by atoms with Crippen LogP contribution in [0.2, 0.25) is 0 Å². The second-order valence-corrected chi connectivity index (χ2v) is 8.38. The Hall–Kier alpha value is -2.31. The van der Waals surface area contributed by atoms with Crippen molar-refractivity contribution in [3.8, 4) is 0 Å². The molecule has 1 aliphatic carbocycles. The Morgan fingerprint density at radius 2 is 2.14 bits per heavy atom. The van der Waals surface area contributed by atoms with Crippen LogP contribution in [-0.2, 0) is 28.2 Å². The Kier molecular flexibility index (Phi) is 4.40. The van der Waals surface area contributed by atoms with Crippen LogP contribution < -0.4 is 5.32 Å². The smallest absolute Gasteiger partial charge is 0.249 e. The molecular formula is C22H26N4O2. The van der Waals surface area contributed by atoms with Crippen LogP contribution >= 0.6 is 0 Å². The Labute approximate surface area is 165 Å². The number of fused-ring (bicyclic) bond motifs is 2. The molecular weight excluding hydrogens is 352 g/mol. The van der Waals surface area contributed by atoms with Gasteiger partial charge in [0.15, 0.2) is 0 Å². The number of carbonyl (C=O) groups is 1. The van der Waals surface area contributed by atoms with Gasteiger partial charge >= 0.3 is 0 Å². The molecule has 5 rings (SSSR count). The van der Waals surface area contributed by atoms with Crippen LogP contribution in [0.5, 0.6) is 0 Å². The average Bonchev–Trinajstić information content (AvgIpc) is 3.33. The molecule has 0 radical (unpaired) electrons. The van der Waals surface area contributed by atoms with Crippen molar-refractivity contribution >= 4 is 5.91 Å². The molecule has 2 aromatic rings. The molecule has 6 nitrogen and oxygen atoms in total. The maximum absolute atomic E-state index is 12.8. The van der Waals surface area contributed by atoms with Gasteiger partial charge in [-0.25, -0.2) is 0 Å². The fourth-order valence-corrected chi connectivity index (χ4v) is 4.53. The highest BCUT2D eigenvalue weighted by atomic mass is 16.5.